The van der Waals surface area contributed by atoms with Crippen LogP contribution in [0.15, 0.2) is 23.8 Å². The van der Waals surface area contributed by atoms with Crippen molar-refractivity contribution in [3.63, 3.8) is 0 Å². The van der Waals surface area contributed by atoms with Crippen LogP contribution in [0, 0.1) is 0 Å². The quantitative estimate of drug-likeness (QED) is 0.473. The van der Waals surface area contributed by atoms with E-state index in [0.717, 1.165) is 3.82 Å². The van der Waals surface area contributed by atoms with Gasteiger partial charge in [0, 0.05) is 23.4 Å². The molecule has 44 valence electrons. The van der Waals surface area contributed by atoms with Crippen molar-refractivity contribution >= 4 is 22.8 Å². The summed E-state index contributed by atoms with van der Waals surface area (Å²) in [6.45, 7) is 0. The molecule has 1 aliphatic heterocycles. The first-order valence-corrected chi connectivity index (χ1v) is 3.52. The fourth-order valence-corrected chi connectivity index (χ4v) is 1.08. The van der Waals surface area contributed by atoms with E-state index in [1.54, 1.807) is 12.2 Å². The summed E-state index contributed by atoms with van der Waals surface area (Å²) in [5, 5.41) is 1.51. The molecule has 0 bridgehead atoms. The summed E-state index contributed by atoms with van der Waals surface area (Å²) < 4.78 is 11.7. The lowest BCUT2D eigenvalue weighted by molar-refractivity contribution is 0.669. The van der Waals surface area contributed by atoms with Crippen molar-refractivity contribution in [2.24, 2.45) is 0 Å². The second-order valence-electron chi connectivity index (χ2n) is 1.22. The van der Waals surface area contributed by atoms with Crippen molar-refractivity contribution < 1.29 is 4.21 Å². The Morgan fingerprint density at radius 2 is 2.25 bits per heavy atom. The smallest absolute Gasteiger partial charge is 0.159 e. The molecule has 0 amide bonds. The molecule has 1 heterocycles. The molecule has 1 atom stereocenters. The third-order valence-corrected chi connectivity index (χ3v) is 2.06. The number of hydrogen-bond donors (Lipinski definition) is 0. The molecule has 2 nitrogen and oxygen atoms in total. The molecule has 0 aliphatic carbocycles. The highest BCUT2D eigenvalue weighted by Gasteiger charge is 2.01. The molecule has 4 heteroatoms. The first-order valence-electron chi connectivity index (χ1n) is 2.01. The van der Waals surface area contributed by atoms with Crippen LogP contribution in [0.25, 0.3) is 0 Å². The van der Waals surface area contributed by atoms with E-state index in [9.17, 15) is 4.21 Å². The van der Waals surface area contributed by atoms with Crippen LogP contribution < -0.4 is 0 Å². The van der Waals surface area contributed by atoms with E-state index in [1.165, 1.54) is 11.6 Å². The van der Waals surface area contributed by atoms with Gasteiger partial charge in [-0.15, -0.1) is 0 Å². The van der Waals surface area contributed by atoms with Gasteiger partial charge < -0.3 is 0 Å². The third kappa shape index (κ3) is 1.11. The summed E-state index contributed by atoms with van der Waals surface area (Å²) in [5.74, 6) is 0. The molecule has 0 spiro atoms. The van der Waals surface area contributed by atoms with Gasteiger partial charge in [0.15, 0.2) is 11.0 Å². The van der Waals surface area contributed by atoms with Gasteiger partial charge in [0.25, 0.3) is 0 Å². The first kappa shape index (κ1) is 5.85. The molecule has 0 aromatic rings. The highest BCUT2D eigenvalue weighted by atomic mass is 35.5. The average Bonchev–Trinajstić information content (AvgIpc) is 1.77. The Hall–Kier alpha value is -0.280. The molecular weight excluding hydrogens is 146 g/mol. The van der Waals surface area contributed by atoms with E-state index < -0.39 is 11.0 Å². The number of nitrogens with zero attached hydrogens (tertiary/aromatic N) is 1. The Morgan fingerprint density at radius 3 is 2.62 bits per heavy atom. The molecule has 0 N–H and O–H groups in total. The van der Waals surface area contributed by atoms with Crippen LogP contribution in [0.5, 0.6) is 0 Å². The van der Waals surface area contributed by atoms with Crippen LogP contribution >= 0.6 is 11.8 Å². The average molecular weight is 150 g/mol. The predicted molar refractivity (Wildman–Crippen MR) is 34.1 cm³/mol. The van der Waals surface area contributed by atoms with Gasteiger partial charge in [0.1, 0.15) is 0 Å². The maximum atomic E-state index is 10.6. The monoisotopic (exact) mass is 149 g/mol. The summed E-state index contributed by atoms with van der Waals surface area (Å²) in [5.41, 5.74) is 0. The minimum Gasteiger partial charge on any atom is -0.231 e. The summed E-state index contributed by atoms with van der Waals surface area (Å²) in [7, 11) is -1.15. The van der Waals surface area contributed by atoms with Crippen molar-refractivity contribution in [3.8, 4) is 0 Å². The van der Waals surface area contributed by atoms with Gasteiger partial charge in [-0.2, -0.15) is 0 Å². The zero-order valence-corrected chi connectivity index (χ0v) is 5.52. The van der Waals surface area contributed by atoms with E-state index in [4.69, 9.17) is 11.8 Å². The van der Waals surface area contributed by atoms with Gasteiger partial charge in [-0.3, -0.25) is 0 Å². The zero-order chi connectivity index (χ0) is 5.98. The summed E-state index contributed by atoms with van der Waals surface area (Å²) in [6.07, 6.45) is 4.95. The summed E-state index contributed by atoms with van der Waals surface area (Å²) >= 11 is 5.36. The van der Waals surface area contributed by atoms with Gasteiger partial charge in [0.2, 0.25) is 0 Å². The molecule has 0 aromatic carbocycles. The van der Waals surface area contributed by atoms with Crippen molar-refractivity contribution in [2.45, 2.75) is 0 Å². The number of hydrogen-bond acceptors (Lipinski definition) is 1. The highest BCUT2D eigenvalue weighted by molar-refractivity contribution is 7.86. The molecule has 1 rings (SSSR count). The van der Waals surface area contributed by atoms with E-state index in [1.807, 2.05) is 0 Å². The molecule has 0 fully saturated rings. The number of rotatable bonds is 0. The van der Waals surface area contributed by atoms with Crippen molar-refractivity contribution in [1.82, 2.24) is 3.82 Å². The fraction of sp³-hybridized carbons (Fsp3) is 0. The Morgan fingerprint density at radius 1 is 1.50 bits per heavy atom. The Labute approximate surface area is 55.1 Å². The van der Waals surface area contributed by atoms with Gasteiger partial charge >= 0.3 is 0 Å². The van der Waals surface area contributed by atoms with Gasteiger partial charge in [-0.25, -0.2) is 8.03 Å². The first-order chi connectivity index (χ1) is 3.80. The SMILES string of the molecule is O=S1C=CC=CN1Cl. The maximum absolute atomic E-state index is 10.6. The van der Waals surface area contributed by atoms with Crippen LogP contribution in [0.3, 0.4) is 0 Å². The largest absolute Gasteiger partial charge is 0.231 e. The van der Waals surface area contributed by atoms with Crippen LogP contribution in [-0.4, -0.2) is 8.03 Å². The number of halogens is 1. The van der Waals surface area contributed by atoms with Gasteiger partial charge in [0.05, 0.1) is 0 Å². The van der Waals surface area contributed by atoms with Crippen molar-refractivity contribution in [3.05, 3.63) is 23.8 Å². The molecular formula is C4H4ClNOS. The highest BCUT2D eigenvalue weighted by Crippen LogP contribution is 2.06. The van der Waals surface area contributed by atoms with E-state index in [2.05, 4.69) is 0 Å². The third-order valence-electron chi connectivity index (χ3n) is 0.681. The molecule has 1 aliphatic rings. The van der Waals surface area contributed by atoms with Crippen LogP contribution in [-0.2, 0) is 11.0 Å². The number of allylic oxidation sites excluding steroid dienone is 2. The minimum atomic E-state index is -1.15. The van der Waals surface area contributed by atoms with Crippen LogP contribution in [0.1, 0.15) is 0 Å². The Bertz CT molecular complexity index is 165. The van der Waals surface area contributed by atoms with Gasteiger partial charge in [-0.05, 0) is 12.2 Å². The zero-order valence-electron chi connectivity index (χ0n) is 3.95. The van der Waals surface area contributed by atoms with E-state index >= 15 is 0 Å². The summed E-state index contributed by atoms with van der Waals surface area (Å²) in [6, 6.07) is 0. The standard InChI is InChI=1S/C4H4ClNOS/c5-6-3-1-2-4-8(6)7/h1-4H. The predicted octanol–water partition coefficient (Wildman–Crippen LogP) is 1.15. The molecule has 0 saturated carbocycles. The molecule has 0 radical (unpaired) electrons. The normalized spacial score (nSPS) is 26.6. The molecule has 1 unspecified atom stereocenters. The maximum Gasteiger partial charge on any atom is 0.159 e. The lowest BCUT2D eigenvalue weighted by Gasteiger charge is -2.06. The lowest BCUT2D eigenvalue weighted by Crippen LogP contribution is -2.06. The van der Waals surface area contributed by atoms with E-state index in [0.29, 0.717) is 0 Å². The second kappa shape index (κ2) is 2.33. The van der Waals surface area contributed by atoms with Crippen molar-refractivity contribution in [1.29, 1.82) is 0 Å². The summed E-state index contributed by atoms with van der Waals surface area (Å²) in [4.78, 5) is 0. The topological polar surface area (TPSA) is 20.3 Å². The van der Waals surface area contributed by atoms with Gasteiger partial charge in [-0.1, -0.05) is 0 Å². The fourth-order valence-electron chi connectivity index (χ4n) is 0.348. The molecule has 8 heavy (non-hydrogen) atoms. The molecule has 0 aromatic heterocycles. The van der Waals surface area contributed by atoms with Crippen LogP contribution in [0.2, 0.25) is 0 Å². The lowest BCUT2D eigenvalue weighted by atomic mass is 10.6. The Balaban J connectivity index is 2.74. The Kier molecular flexibility index (Phi) is 1.70. The van der Waals surface area contributed by atoms with Crippen LogP contribution in [0.4, 0.5) is 0 Å². The second-order valence-corrected chi connectivity index (χ2v) is 3.00. The molecule has 0 saturated heterocycles. The van der Waals surface area contributed by atoms with Crippen molar-refractivity contribution in [2.75, 3.05) is 0 Å². The van der Waals surface area contributed by atoms with E-state index in [-0.39, 0.29) is 0 Å². The minimum absolute atomic E-state index is 1.11.